The van der Waals surface area contributed by atoms with Crippen LogP contribution in [0.4, 0.5) is 0 Å². The average molecular weight is 307 g/mol. The van der Waals surface area contributed by atoms with Crippen molar-refractivity contribution in [3.63, 3.8) is 0 Å². The van der Waals surface area contributed by atoms with Crippen molar-refractivity contribution >= 4 is 0 Å². The number of nitrogens with zero attached hydrogens (tertiary/aromatic N) is 3. The molecule has 22 heavy (non-hydrogen) atoms. The van der Waals surface area contributed by atoms with E-state index in [1.165, 1.54) is 0 Å². The van der Waals surface area contributed by atoms with Gasteiger partial charge in [0.15, 0.2) is 6.29 Å². The second-order valence-electron chi connectivity index (χ2n) is 5.10. The summed E-state index contributed by atoms with van der Waals surface area (Å²) in [5, 5.41) is 3.82. The van der Waals surface area contributed by atoms with Crippen molar-refractivity contribution in [3.8, 4) is 0 Å². The molecule has 1 aliphatic heterocycles. The third-order valence-corrected chi connectivity index (χ3v) is 3.73. The van der Waals surface area contributed by atoms with E-state index in [4.69, 9.17) is 24.5 Å². The minimum Gasteiger partial charge on any atom is -0.373 e. The molecule has 1 aromatic rings. The van der Waals surface area contributed by atoms with E-state index in [2.05, 4.69) is 10.0 Å². The van der Waals surface area contributed by atoms with Gasteiger partial charge >= 0.3 is 0 Å². The van der Waals surface area contributed by atoms with Gasteiger partial charge in [0, 0.05) is 19.1 Å². The van der Waals surface area contributed by atoms with Crippen molar-refractivity contribution in [1.82, 2.24) is 0 Å². The monoisotopic (exact) mass is 307 g/mol. The minimum atomic E-state index is -0.564. The summed E-state index contributed by atoms with van der Waals surface area (Å²) in [6.07, 6.45) is -1.81. The normalized spacial score (nSPS) is 31.5. The molecule has 0 aromatic heterocycles. The smallest absolute Gasteiger partial charge is 0.186 e. The van der Waals surface area contributed by atoms with E-state index in [0.29, 0.717) is 6.61 Å². The van der Waals surface area contributed by atoms with Crippen molar-refractivity contribution in [3.05, 3.63) is 46.3 Å². The number of hydrogen-bond donors (Lipinski definition) is 0. The lowest BCUT2D eigenvalue weighted by atomic mass is 9.97. The van der Waals surface area contributed by atoms with E-state index in [1.807, 2.05) is 37.3 Å². The Labute approximate surface area is 129 Å². The zero-order valence-electron chi connectivity index (χ0n) is 13.0. The van der Waals surface area contributed by atoms with E-state index in [0.717, 1.165) is 5.56 Å². The number of methoxy groups -OCH3 is 2. The molecule has 0 unspecified atom stereocenters. The van der Waals surface area contributed by atoms with Crippen LogP contribution < -0.4 is 0 Å². The Bertz CT molecular complexity index is 507. The van der Waals surface area contributed by atoms with Gasteiger partial charge in [0.2, 0.25) is 0 Å². The van der Waals surface area contributed by atoms with E-state index >= 15 is 0 Å². The van der Waals surface area contributed by atoms with Gasteiger partial charge in [0.05, 0.1) is 18.8 Å². The number of rotatable bonds is 6. The van der Waals surface area contributed by atoms with Gasteiger partial charge < -0.3 is 18.9 Å². The molecule has 1 aromatic carbocycles. The highest BCUT2D eigenvalue weighted by atomic mass is 16.7. The SMILES string of the molecule is CO[C@H]1O[C@H](C)[C@@H](N=[N+]=[N-])[C@@H](OCc2ccccc2)[C@@H]1OC. The van der Waals surface area contributed by atoms with Gasteiger partial charge in [-0.25, -0.2) is 0 Å². The molecule has 5 atom stereocenters. The molecule has 1 aliphatic rings. The van der Waals surface area contributed by atoms with Crippen LogP contribution in [0.3, 0.4) is 0 Å². The number of benzene rings is 1. The molecule has 120 valence electrons. The summed E-state index contributed by atoms with van der Waals surface area (Å²) in [6, 6.07) is 9.30. The van der Waals surface area contributed by atoms with Gasteiger partial charge in [-0.3, -0.25) is 0 Å². The Morgan fingerprint density at radius 2 is 1.91 bits per heavy atom. The third kappa shape index (κ3) is 3.76. The number of ether oxygens (including phenoxy) is 4. The van der Waals surface area contributed by atoms with Gasteiger partial charge in [-0.05, 0) is 18.0 Å². The third-order valence-electron chi connectivity index (χ3n) is 3.73. The van der Waals surface area contributed by atoms with Crippen LogP contribution in [0.1, 0.15) is 12.5 Å². The lowest BCUT2D eigenvalue weighted by molar-refractivity contribution is -0.275. The maximum atomic E-state index is 8.80. The Morgan fingerprint density at radius 1 is 1.18 bits per heavy atom. The first kappa shape index (κ1) is 16.7. The molecule has 7 nitrogen and oxygen atoms in total. The molecular formula is C15H21N3O4. The fourth-order valence-corrected chi connectivity index (χ4v) is 2.60. The summed E-state index contributed by atoms with van der Waals surface area (Å²) < 4.78 is 22.5. The van der Waals surface area contributed by atoms with Crippen LogP contribution in [0.5, 0.6) is 0 Å². The highest BCUT2D eigenvalue weighted by molar-refractivity contribution is 5.13. The van der Waals surface area contributed by atoms with Gasteiger partial charge in [-0.15, -0.1) is 0 Å². The van der Waals surface area contributed by atoms with Crippen molar-refractivity contribution in [2.24, 2.45) is 5.11 Å². The Hall–Kier alpha value is -1.63. The molecule has 0 radical (unpaired) electrons. The van der Waals surface area contributed by atoms with E-state index < -0.39 is 24.5 Å². The summed E-state index contributed by atoms with van der Waals surface area (Å²) in [6.45, 7) is 2.22. The minimum absolute atomic E-state index is 0.326. The van der Waals surface area contributed by atoms with Crippen molar-refractivity contribution < 1.29 is 18.9 Å². The molecular weight excluding hydrogens is 286 g/mol. The predicted octanol–water partition coefficient (Wildman–Crippen LogP) is 2.66. The summed E-state index contributed by atoms with van der Waals surface area (Å²) in [7, 11) is 3.10. The average Bonchev–Trinajstić information content (AvgIpc) is 2.55. The van der Waals surface area contributed by atoms with Crippen LogP contribution in [0, 0.1) is 0 Å². The van der Waals surface area contributed by atoms with E-state index in [9.17, 15) is 0 Å². The standard InChI is InChI=1S/C15H21N3O4/c1-10-12(17-18-16)13(14(19-2)15(20-3)22-10)21-9-11-7-5-4-6-8-11/h4-8,10,12-15H,9H2,1-3H3/t10-,12-,13-,14+,15+/m1/s1. The first-order valence-corrected chi connectivity index (χ1v) is 7.12. The maximum Gasteiger partial charge on any atom is 0.186 e. The molecule has 0 bridgehead atoms. The van der Waals surface area contributed by atoms with Gasteiger partial charge in [-0.2, -0.15) is 0 Å². The molecule has 0 N–H and O–H groups in total. The topological polar surface area (TPSA) is 85.7 Å². The molecule has 1 heterocycles. The van der Waals surface area contributed by atoms with Crippen LogP contribution >= 0.6 is 0 Å². The van der Waals surface area contributed by atoms with Crippen LogP contribution in [-0.4, -0.2) is 44.9 Å². The first-order valence-electron chi connectivity index (χ1n) is 7.12. The van der Waals surface area contributed by atoms with Crippen LogP contribution in [0.2, 0.25) is 0 Å². The highest BCUT2D eigenvalue weighted by Gasteiger charge is 2.45. The lowest BCUT2D eigenvalue weighted by Crippen LogP contribution is -2.58. The summed E-state index contributed by atoms with van der Waals surface area (Å²) in [5.41, 5.74) is 9.83. The van der Waals surface area contributed by atoms with Gasteiger partial charge in [0.25, 0.3) is 0 Å². The summed E-state index contributed by atoms with van der Waals surface area (Å²) in [4.78, 5) is 2.90. The van der Waals surface area contributed by atoms with E-state index in [1.54, 1.807) is 14.2 Å². The summed E-state index contributed by atoms with van der Waals surface area (Å²) >= 11 is 0. The number of azide groups is 1. The second kappa shape index (κ2) is 8.12. The van der Waals surface area contributed by atoms with Crippen LogP contribution in [0.15, 0.2) is 35.4 Å². The fraction of sp³-hybridized carbons (Fsp3) is 0.600. The molecule has 0 aliphatic carbocycles. The predicted molar refractivity (Wildman–Crippen MR) is 80.1 cm³/mol. The molecule has 1 fully saturated rings. The van der Waals surface area contributed by atoms with Crippen LogP contribution in [0.25, 0.3) is 10.4 Å². The zero-order chi connectivity index (χ0) is 15.9. The quantitative estimate of drug-likeness (QED) is 0.459. The van der Waals surface area contributed by atoms with Crippen molar-refractivity contribution in [1.29, 1.82) is 0 Å². The van der Waals surface area contributed by atoms with Crippen molar-refractivity contribution in [2.75, 3.05) is 14.2 Å². The molecule has 0 amide bonds. The maximum absolute atomic E-state index is 8.80. The van der Waals surface area contributed by atoms with Crippen LogP contribution in [-0.2, 0) is 25.6 Å². The second-order valence-corrected chi connectivity index (χ2v) is 5.10. The van der Waals surface area contributed by atoms with E-state index in [-0.39, 0.29) is 6.10 Å². The number of hydrogen-bond acceptors (Lipinski definition) is 5. The van der Waals surface area contributed by atoms with Gasteiger partial charge in [-0.1, -0.05) is 35.4 Å². The Kier molecular flexibility index (Phi) is 6.18. The largest absolute Gasteiger partial charge is 0.373 e. The highest BCUT2D eigenvalue weighted by Crippen LogP contribution is 2.28. The fourth-order valence-electron chi connectivity index (χ4n) is 2.60. The molecule has 1 saturated heterocycles. The molecule has 7 heteroatoms. The molecule has 0 spiro atoms. The molecule has 0 saturated carbocycles. The van der Waals surface area contributed by atoms with Gasteiger partial charge in [0.1, 0.15) is 12.2 Å². The molecule has 2 rings (SSSR count). The first-order chi connectivity index (χ1) is 10.7. The zero-order valence-corrected chi connectivity index (χ0v) is 13.0. The summed E-state index contributed by atoms with van der Waals surface area (Å²) in [5.74, 6) is 0. The Morgan fingerprint density at radius 3 is 2.50 bits per heavy atom. The Balaban J connectivity index is 2.17. The lowest BCUT2D eigenvalue weighted by Gasteiger charge is -2.42. The van der Waals surface area contributed by atoms with Crippen molar-refractivity contribution in [2.45, 2.75) is 44.2 Å².